The molecule has 2 N–H and O–H groups in total. The van der Waals surface area contributed by atoms with Gasteiger partial charge in [-0.15, -0.1) is 0 Å². The number of hydrogen-bond acceptors (Lipinski definition) is 4. The minimum absolute atomic E-state index is 0.0546. The van der Waals surface area contributed by atoms with E-state index in [9.17, 15) is 15.2 Å². The first kappa shape index (κ1) is 17.0. The third-order valence-electron chi connectivity index (χ3n) is 4.01. The normalized spacial score (nSPS) is 18.6. The first-order chi connectivity index (χ1) is 11.1. The number of nitrogens with one attached hydrogen (secondary N) is 1. The molecule has 0 radical (unpaired) electrons. The highest BCUT2D eigenvalue weighted by Gasteiger charge is 2.22. The fraction of sp³-hybridized carbons (Fsp3) is 0.444. The van der Waals surface area contributed by atoms with Gasteiger partial charge in [-0.3, -0.25) is 4.79 Å². The van der Waals surface area contributed by atoms with Crippen molar-refractivity contribution >= 4 is 12.0 Å². The van der Waals surface area contributed by atoms with Crippen molar-refractivity contribution in [2.24, 2.45) is 5.92 Å². The van der Waals surface area contributed by atoms with Crippen LogP contribution >= 0.6 is 0 Å². The van der Waals surface area contributed by atoms with Crippen molar-refractivity contribution in [3.63, 3.8) is 0 Å². The Bertz CT molecular complexity index is 619. The zero-order valence-corrected chi connectivity index (χ0v) is 13.5. The summed E-state index contributed by atoms with van der Waals surface area (Å²) >= 11 is 0. The highest BCUT2D eigenvalue weighted by atomic mass is 16.3. The summed E-state index contributed by atoms with van der Waals surface area (Å²) < 4.78 is 0. The Balaban J connectivity index is 1.90. The summed E-state index contributed by atoms with van der Waals surface area (Å²) in [6.07, 6.45) is 3.72. The van der Waals surface area contributed by atoms with E-state index < -0.39 is 0 Å². The van der Waals surface area contributed by atoms with Gasteiger partial charge in [0.05, 0.1) is 0 Å². The van der Waals surface area contributed by atoms with Gasteiger partial charge in [0.15, 0.2) is 0 Å². The highest BCUT2D eigenvalue weighted by Crippen LogP contribution is 2.16. The fourth-order valence-corrected chi connectivity index (χ4v) is 2.86. The molecule has 1 aliphatic heterocycles. The van der Waals surface area contributed by atoms with Gasteiger partial charge in [0, 0.05) is 13.1 Å². The minimum Gasteiger partial charge on any atom is -0.508 e. The number of phenols is 1. The molecule has 1 fully saturated rings. The van der Waals surface area contributed by atoms with Crippen LogP contribution in [0, 0.1) is 17.2 Å². The summed E-state index contributed by atoms with van der Waals surface area (Å²) in [5.74, 6) is 0.203. The average molecular weight is 313 g/mol. The van der Waals surface area contributed by atoms with Crippen molar-refractivity contribution in [2.75, 3.05) is 26.2 Å². The molecule has 0 aromatic heterocycles. The van der Waals surface area contributed by atoms with E-state index in [2.05, 4.69) is 17.1 Å². The predicted molar refractivity (Wildman–Crippen MR) is 89.5 cm³/mol. The van der Waals surface area contributed by atoms with Gasteiger partial charge in [-0.05, 0) is 55.6 Å². The zero-order chi connectivity index (χ0) is 16.7. The molecule has 1 amide bonds. The standard InChI is InChI=1S/C18H23N3O2/c1-2-7-21-8-6-15(13-21)12-20-18(23)16(11-19)9-14-4-3-5-17(22)10-14/h3-5,9-10,15,22H,2,6-8,12-13H2,1H3,(H,20,23)/b16-9+. The number of nitriles is 1. The van der Waals surface area contributed by atoms with E-state index in [0.717, 1.165) is 32.5 Å². The first-order valence-corrected chi connectivity index (χ1v) is 8.03. The summed E-state index contributed by atoms with van der Waals surface area (Å²) in [5, 5.41) is 21.5. The Morgan fingerprint density at radius 2 is 2.39 bits per heavy atom. The number of likely N-dealkylation sites (tertiary alicyclic amines) is 1. The molecule has 1 heterocycles. The Kier molecular flexibility index (Phi) is 6.19. The molecule has 1 unspecified atom stereocenters. The number of nitrogens with zero attached hydrogens (tertiary/aromatic N) is 2. The molecule has 23 heavy (non-hydrogen) atoms. The fourth-order valence-electron chi connectivity index (χ4n) is 2.86. The van der Waals surface area contributed by atoms with Crippen LogP contribution in [0.25, 0.3) is 6.08 Å². The topological polar surface area (TPSA) is 76.4 Å². The molecule has 0 bridgehead atoms. The van der Waals surface area contributed by atoms with Crippen LogP contribution in [0.4, 0.5) is 0 Å². The van der Waals surface area contributed by atoms with Crippen molar-refractivity contribution in [3.05, 3.63) is 35.4 Å². The van der Waals surface area contributed by atoms with Gasteiger partial charge in [0.1, 0.15) is 17.4 Å². The molecule has 1 saturated heterocycles. The lowest BCUT2D eigenvalue weighted by molar-refractivity contribution is -0.117. The molecule has 1 aliphatic rings. The van der Waals surface area contributed by atoms with E-state index in [4.69, 9.17) is 0 Å². The molecular formula is C18H23N3O2. The second kappa shape index (κ2) is 8.35. The lowest BCUT2D eigenvalue weighted by atomic mass is 10.1. The third-order valence-corrected chi connectivity index (χ3v) is 4.01. The van der Waals surface area contributed by atoms with Crippen molar-refractivity contribution < 1.29 is 9.90 Å². The van der Waals surface area contributed by atoms with Crippen LogP contribution in [-0.4, -0.2) is 42.1 Å². The van der Waals surface area contributed by atoms with Crippen LogP contribution in [0.3, 0.4) is 0 Å². The Morgan fingerprint density at radius 1 is 1.57 bits per heavy atom. The Morgan fingerprint density at radius 3 is 3.09 bits per heavy atom. The summed E-state index contributed by atoms with van der Waals surface area (Å²) in [7, 11) is 0. The van der Waals surface area contributed by atoms with Gasteiger partial charge in [0.2, 0.25) is 0 Å². The maximum absolute atomic E-state index is 12.1. The van der Waals surface area contributed by atoms with Gasteiger partial charge >= 0.3 is 0 Å². The molecular weight excluding hydrogens is 290 g/mol. The first-order valence-electron chi connectivity index (χ1n) is 8.03. The van der Waals surface area contributed by atoms with Gasteiger partial charge in [-0.1, -0.05) is 19.1 Å². The maximum atomic E-state index is 12.1. The summed E-state index contributed by atoms with van der Waals surface area (Å²) in [6.45, 7) is 5.95. The van der Waals surface area contributed by atoms with E-state index >= 15 is 0 Å². The number of carbonyl (C=O) groups is 1. The number of aromatic hydroxyl groups is 1. The van der Waals surface area contributed by atoms with E-state index in [1.54, 1.807) is 18.2 Å². The van der Waals surface area contributed by atoms with Crippen LogP contribution in [0.15, 0.2) is 29.8 Å². The molecule has 5 heteroatoms. The van der Waals surface area contributed by atoms with Gasteiger partial charge in [0.25, 0.3) is 5.91 Å². The van der Waals surface area contributed by atoms with Gasteiger partial charge < -0.3 is 15.3 Å². The van der Waals surface area contributed by atoms with Crippen LogP contribution in [-0.2, 0) is 4.79 Å². The van der Waals surface area contributed by atoms with Crippen LogP contribution in [0.5, 0.6) is 5.75 Å². The summed E-state index contributed by atoms with van der Waals surface area (Å²) in [5.41, 5.74) is 0.686. The van der Waals surface area contributed by atoms with Gasteiger partial charge in [-0.25, -0.2) is 0 Å². The number of rotatable bonds is 6. The number of carbonyl (C=O) groups excluding carboxylic acids is 1. The number of hydrogen-bond donors (Lipinski definition) is 2. The lowest BCUT2D eigenvalue weighted by Gasteiger charge is -2.14. The summed E-state index contributed by atoms with van der Waals surface area (Å²) in [4.78, 5) is 14.6. The van der Waals surface area contributed by atoms with Crippen molar-refractivity contribution in [1.82, 2.24) is 10.2 Å². The van der Waals surface area contributed by atoms with Crippen molar-refractivity contribution in [2.45, 2.75) is 19.8 Å². The van der Waals surface area contributed by atoms with Crippen LogP contribution < -0.4 is 5.32 Å². The van der Waals surface area contributed by atoms with Crippen LogP contribution in [0.2, 0.25) is 0 Å². The number of phenolic OH excluding ortho intramolecular Hbond substituents is 1. The zero-order valence-electron chi connectivity index (χ0n) is 13.5. The number of benzene rings is 1. The van der Waals surface area contributed by atoms with Crippen molar-refractivity contribution in [3.8, 4) is 11.8 Å². The SMILES string of the molecule is CCCN1CCC(CNC(=O)/C(C#N)=C/c2cccc(O)c2)C1. The molecule has 1 aromatic rings. The molecule has 0 saturated carbocycles. The molecule has 122 valence electrons. The highest BCUT2D eigenvalue weighted by molar-refractivity contribution is 6.01. The third kappa shape index (κ3) is 5.11. The second-order valence-electron chi connectivity index (χ2n) is 5.93. The second-order valence-corrected chi connectivity index (χ2v) is 5.93. The molecule has 0 spiro atoms. The quantitative estimate of drug-likeness (QED) is 0.623. The van der Waals surface area contributed by atoms with E-state index in [-0.39, 0.29) is 17.2 Å². The Labute approximate surface area is 137 Å². The smallest absolute Gasteiger partial charge is 0.261 e. The van der Waals surface area contributed by atoms with E-state index in [1.807, 2.05) is 6.07 Å². The maximum Gasteiger partial charge on any atom is 0.261 e. The molecule has 1 atom stereocenters. The molecule has 5 nitrogen and oxygen atoms in total. The molecule has 1 aromatic carbocycles. The minimum atomic E-state index is -0.357. The monoisotopic (exact) mass is 313 g/mol. The van der Waals surface area contributed by atoms with E-state index in [0.29, 0.717) is 18.0 Å². The van der Waals surface area contributed by atoms with Crippen LogP contribution in [0.1, 0.15) is 25.3 Å². The van der Waals surface area contributed by atoms with Gasteiger partial charge in [-0.2, -0.15) is 5.26 Å². The lowest BCUT2D eigenvalue weighted by Crippen LogP contribution is -2.31. The Hall–Kier alpha value is -2.32. The molecule has 0 aliphatic carbocycles. The average Bonchev–Trinajstić information content (AvgIpc) is 2.98. The summed E-state index contributed by atoms with van der Waals surface area (Å²) in [6, 6.07) is 8.41. The molecule has 2 rings (SSSR count). The number of amides is 1. The largest absolute Gasteiger partial charge is 0.508 e. The van der Waals surface area contributed by atoms with Crippen molar-refractivity contribution in [1.29, 1.82) is 5.26 Å². The predicted octanol–water partition coefficient (Wildman–Crippen LogP) is 2.15. The van der Waals surface area contributed by atoms with E-state index in [1.165, 1.54) is 12.1 Å².